The molecule has 2 heterocycles. The highest BCUT2D eigenvalue weighted by atomic mass is 32.2. The number of aromatic nitrogens is 4. The highest BCUT2D eigenvalue weighted by Gasteiger charge is 2.23. The molecule has 39 heavy (non-hydrogen) atoms. The number of fused-ring (bicyclic) bond motifs is 1. The molecular weight excluding hydrogens is 518 g/mol. The molecule has 0 bridgehead atoms. The maximum absolute atomic E-state index is 13.2. The molecular formula is C27H33N7O4S. The normalized spacial score (nSPS) is 17.6. The van der Waals surface area contributed by atoms with Crippen LogP contribution in [-0.2, 0) is 16.6 Å². The van der Waals surface area contributed by atoms with Gasteiger partial charge in [-0.1, -0.05) is 0 Å². The first-order chi connectivity index (χ1) is 18.8. The van der Waals surface area contributed by atoms with Crippen molar-refractivity contribution in [3.05, 3.63) is 54.9 Å². The highest BCUT2D eigenvalue weighted by Crippen LogP contribution is 2.29. The minimum Gasteiger partial charge on any atom is -0.497 e. The summed E-state index contributed by atoms with van der Waals surface area (Å²) in [6.45, 7) is 2.73. The predicted octanol–water partition coefficient (Wildman–Crippen LogP) is 4.14. The Bertz CT molecular complexity index is 1530. The van der Waals surface area contributed by atoms with E-state index in [1.165, 1.54) is 11.4 Å². The third-order valence-corrected chi connectivity index (χ3v) is 8.85. The first-order valence-electron chi connectivity index (χ1n) is 13.0. The average Bonchev–Trinajstić information content (AvgIpc) is 3.37. The van der Waals surface area contributed by atoms with Gasteiger partial charge in [-0.2, -0.15) is 9.97 Å². The van der Waals surface area contributed by atoms with Gasteiger partial charge < -0.3 is 25.0 Å². The van der Waals surface area contributed by atoms with Gasteiger partial charge in [0, 0.05) is 25.3 Å². The summed E-state index contributed by atoms with van der Waals surface area (Å²) in [5, 5.41) is 16.5. The Morgan fingerprint density at radius 3 is 2.38 bits per heavy atom. The molecule has 5 rings (SSSR count). The Kier molecular flexibility index (Phi) is 7.58. The number of hydrogen-bond donors (Lipinski definition) is 3. The summed E-state index contributed by atoms with van der Waals surface area (Å²) in [6, 6.07) is 13.6. The number of aliphatic hydroxyl groups is 1. The van der Waals surface area contributed by atoms with Gasteiger partial charge in [0.05, 0.1) is 30.1 Å². The molecule has 1 saturated carbocycles. The molecule has 0 aliphatic heterocycles. The number of ether oxygens (including phenoxy) is 1. The van der Waals surface area contributed by atoms with Crippen molar-refractivity contribution in [2.75, 3.05) is 29.1 Å². The minimum absolute atomic E-state index is 0.163. The van der Waals surface area contributed by atoms with Gasteiger partial charge in [-0.25, -0.2) is 13.4 Å². The summed E-state index contributed by atoms with van der Waals surface area (Å²) in [7, 11) is -0.684. The topological polar surface area (TPSA) is 134 Å². The summed E-state index contributed by atoms with van der Waals surface area (Å²) in [5.74, 6) is 1.66. The van der Waals surface area contributed by atoms with Crippen molar-refractivity contribution in [1.82, 2.24) is 19.5 Å². The van der Waals surface area contributed by atoms with Crippen LogP contribution in [-0.4, -0.2) is 59.3 Å². The Hall–Kier alpha value is -3.90. The Morgan fingerprint density at radius 1 is 1.05 bits per heavy atom. The summed E-state index contributed by atoms with van der Waals surface area (Å²) in [5.41, 5.74) is 2.52. The molecule has 4 aromatic rings. The molecule has 0 unspecified atom stereocenters. The molecule has 0 saturated heterocycles. The van der Waals surface area contributed by atoms with Gasteiger partial charge >= 0.3 is 0 Å². The van der Waals surface area contributed by atoms with Crippen LogP contribution in [0, 0.1) is 0 Å². The monoisotopic (exact) mass is 551 g/mol. The molecule has 206 valence electrons. The number of benzene rings is 2. The van der Waals surface area contributed by atoms with Gasteiger partial charge in [0.1, 0.15) is 5.75 Å². The van der Waals surface area contributed by atoms with Crippen LogP contribution >= 0.6 is 0 Å². The van der Waals surface area contributed by atoms with Crippen molar-refractivity contribution in [3.63, 3.8) is 0 Å². The molecule has 0 amide bonds. The van der Waals surface area contributed by atoms with Crippen LogP contribution in [0.1, 0.15) is 32.6 Å². The minimum atomic E-state index is -3.77. The number of anilines is 4. The number of hydrogen-bond acceptors (Lipinski definition) is 9. The van der Waals surface area contributed by atoms with E-state index in [2.05, 4.69) is 15.6 Å². The number of nitrogens with one attached hydrogen (secondary N) is 2. The Labute approximate surface area is 227 Å². The Balaban J connectivity index is 1.38. The van der Waals surface area contributed by atoms with E-state index in [-0.39, 0.29) is 17.0 Å². The van der Waals surface area contributed by atoms with E-state index in [0.717, 1.165) is 25.7 Å². The van der Waals surface area contributed by atoms with Crippen molar-refractivity contribution in [2.24, 2.45) is 0 Å². The standard InChI is InChI=1S/C27H33N7O4S/c1-4-34-17-28-24-25(31-27(32-26(24)34)30-19-5-11-21(35)12-6-19)29-18-7-15-23(16-8-18)39(36,37)33(2)20-9-13-22(38-3)14-10-20/h7-10,13-17,19,21,35H,4-6,11-12H2,1-3H3,(H2,29,30,31,32)/t19-,21-. The van der Waals surface area contributed by atoms with E-state index in [0.29, 0.717) is 46.6 Å². The average molecular weight is 552 g/mol. The molecule has 0 spiro atoms. The summed E-state index contributed by atoms with van der Waals surface area (Å²) in [6.07, 6.45) is 4.68. The van der Waals surface area contributed by atoms with Crippen LogP contribution in [0.25, 0.3) is 11.2 Å². The number of nitrogens with zero attached hydrogens (tertiary/aromatic N) is 5. The number of sulfonamides is 1. The lowest BCUT2D eigenvalue weighted by molar-refractivity contribution is 0.126. The molecule has 11 nitrogen and oxygen atoms in total. The first-order valence-corrected chi connectivity index (χ1v) is 14.4. The number of aliphatic hydroxyl groups excluding tert-OH is 1. The third-order valence-electron chi connectivity index (χ3n) is 7.05. The SMILES string of the molecule is CCn1cnc2c(Nc3ccc(S(=O)(=O)N(C)c4ccc(OC)cc4)cc3)nc(N[C@H]3CC[C@H](O)CC3)nc21. The number of methoxy groups -OCH3 is 1. The summed E-state index contributed by atoms with van der Waals surface area (Å²) in [4.78, 5) is 14.1. The van der Waals surface area contributed by atoms with Crippen LogP contribution in [0.15, 0.2) is 59.8 Å². The quantitative estimate of drug-likeness (QED) is 0.280. The molecule has 3 N–H and O–H groups in total. The van der Waals surface area contributed by atoms with Crippen molar-refractivity contribution in [1.29, 1.82) is 0 Å². The van der Waals surface area contributed by atoms with Gasteiger partial charge in [0.15, 0.2) is 17.0 Å². The van der Waals surface area contributed by atoms with Crippen molar-refractivity contribution in [2.45, 2.75) is 56.2 Å². The fourth-order valence-corrected chi connectivity index (χ4v) is 5.86. The molecule has 1 aliphatic carbocycles. The maximum atomic E-state index is 13.2. The van der Waals surface area contributed by atoms with E-state index in [1.807, 2.05) is 11.5 Å². The lowest BCUT2D eigenvalue weighted by Crippen LogP contribution is -2.29. The number of imidazole rings is 1. The zero-order valence-corrected chi connectivity index (χ0v) is 23.0. The van der Waals surface area contributed by atoms with E-state index in [9.17, 15) is 13.5 Å². The van der Waals surface area contributed by atoms with Crippen molar-refractivity contribution >= 4 is 44.3 Å². The molecule has 0 atom stereocenters. The predicted molar refractivity (Wildman–Crippen MR) is 151 cm³/mol. The molecule has 1 fully saturated rings. The lowest BCUT2D eigenvalue weighted by atomic mass is 9.93. The molecule has 1 aliphatic rings. The number of aryl methyl sites for hydroxylation is 1. The summed E-state index contributed by atoms with van der Waals surface area (Å²) >= 11 is 0. The fraction of sp³-hybridized carbons (Fsp3) is 0.370. The molecule has 2 aromatic carbocycles. The molecule has 2 aromatic heterocycles. The van der Waals surface area contributed by atoms with Crippen LogP contribution in [0.2, 0.25) is 0 Å². The Morgan fingerprint density at radius 2 is 1.74 bits per heavy atom. The van der Waals surface area contributed by atoms with E-state index < -0.39 is 10.0 Å². The second-order valence-electron chi connectivity index (χ2n) is 9.57. The largest absolute Gasteiger partial charge is 0.497 e. The van der Waals surface area contributed by atoms with E-state index in [4.69, 9.17) is 14.7 Å². The molecule has 12 heteroatoms. The zero-order chi connectivity index (χ0) is 27.6. The second-order valence-corrected chi connectivity index (χ2v) is 11.5. The van der Waals surface area contributed by atoms with E-state index in [1.54, 1.807) is 62.0 Å². The second kappa shape index (κ2) is 11.1. The molecule has 0 radical (unpaired) electrons. The zero-order valence-electron chi connectivity index (χ0n) is 22.2. The van der Waals surface area contributed by atoms with Crippen molar-refractivity contribution < 1.29 is 18.3 Å². The van der Waals surface area contributed by atoms with Crippen LogP contribution in [0.3, 0.4) is 0 Å². The number of rotatable bonds is 9. The first kappa shape index (κ1) is 26.7. The highest BCUT2D eigenvalue weighted by molar-refractivity contribution is 7.92. The van der Waals surface area contributed by atoms with Gasteiger partial charge in [-0.15, -0.1) is 0 Å². The van der Waals surface area contributed by atoms with Crippen LogP contribution in [0.4, 0.5) is 23.1 Å². The lowest BCUT2D eigenvalue weighted by Gasteiger charge is -2.26. The fourth-order valence-electron chi connectivity index (χ4n) is 4.67. The van der Waals surface area contributed by atoms with Gasteiger partial charge in [-0.3, -0.25) is 4.31 Å². The smallest absolute Gasteiger partial charge is 0.264 e. The summed E-state index contributed by atoms with van der Waals surface area (Å²) < 4.78 is 34.8. The van der Waals surface area contributed by atoms with Gasteiger partial charge in [0.25, 0.3) is 10.0 Å². The van der Waals surface area contributed by atoms with Crippen LogP contribution < -0.4 is 19.7 Å². The van der Waals surface area contributed by atoms with Gasteiger partial charge in [-0.05, 0) is 81.1 Å². The van der Waals surface area contributed by atoms with Gasteiger partial charge in [0.2, 0.25) is 5.95 Å². The van der Waals surface area contributed by atoms with Crippen LogP contribution in [0.5, 0.6) is 5.75 Å². The maximum Gasteiger partial charge on any atom is 0.264 e. The third kappa shape index (κ3) is 5.62. The van der Waals surface area contributed by atoms with Crippen molar-refractivity contribution in [3.8, 4) is 5.75 Å². The van der Waals surface area contributed by atoms with E-state index >= 15 is 0 Å².